The number of anilines is 1. The van der Waals surface area contributed by atoms with Crippen LogP contribution in [0.3, 0.4) is 0 Å². The highest BCUT2D eigenvalue weighted by Gasteiger charge is 2.31. The summed E-state index contributed by atoms with van der Waals surface area (Å²) in [5, 5.41) is 2.97. The Bertz CT molecular complexity index is 1370. The Hall–Kier alpha value is -3.52. The molecule has 1 atom stereocenters. The number of nitrogens with zero attached hydrogens (tertiary/aromatic N) is 1. The maximum atomic E-state index is 13.9. The van der Waals surface area contributed by atoms with E-state index in [4.69, 9.17) is 9.47 Å². The first-order valence-electron chi connectivity index (χ1n) is 11.7. The number of methoxy groups -OCH3 is 2. The summed E-state index contributed by atoms with van der Waals surface area (Å²) in [6, 6.07) is 15.4. The molecule has 3 rings (SSSR count). The molecule has 36 heavy (non-hydrogen) atoms. The van der Waals surface area contributed by atoms with Gasteiger partial charge in [-0.3, -0.25) is 9.10 Å². The molecule has 0 spiro atoms. The van der Waals surface area contributed by atoms with Crippen molar-refractivity contribution in [2.45, 2.75) is 45.6 Å². The zero-order valence-corrected chi connectivity index (χ0v) is 22.7. The number of aryl methyl sites for hydroxylation is 4. The molecule has 0 bridgehead atoms. The quantitative estimate of drug-likeness (QED) is 0.437. The van der Waals surface area contributed by atoms with Crippen LogP contribution in [0.5, 0.6) is 11.5 Å². The number of carbonyl (C=O) groups is 1. The minimum atomic E-state index is -4.17. The fourth-order valence-corrected chi connectivity index (χ4v) is 5.79. The lowest BCUT2D eigenvalue weighted by Gasteiger charge is -2.26. The Morgan fingerprint density at radius 1 is 0.917 bits per heavy atom. The molecule has 8 heteroatoms. The Kier molecular flexibility index (Phi) is 8.30. The van der Waals surface area contributed by atoms with E-state index < -0.39 is 22.5 Å². The summed E-state index contributed by atoms with van der Waals surface area (Å²) >= 11 is 0. The third kappa shape index (κ3) is 5.82. The van der Waals surface area contributed by atoms with Gasteiger partial charge < -0.3 is 14.8 Å². The summed E-state index contributed by atoms with van der Waals surface area (Å²) in [4.78, 5) is 13.2. The highest BCUT2D eigenvalue weighted by atomic mass is 32.2. The fourth-order valence-electron chi connectivity index (χ4n) is 4.13. The summed E-state index contributed by atoms with van der Waals surface area (Å²) in [5.74, 6) is 0.245. The summed E-state index contributed by atoms with van der Waals surface area (Å²) in [6.07, 6.45) is 0. The first-order chi connectivity index (χ1) is 17.0. The number of hydrogen-bond donors (Lipinski definition) is 1. The molecule has 0 saturated heterocycles. The van der Waals surface area contributed by atoms with E-state index >= 15 is 0 Å². The van der Waals surface area contributed by atoms with Crippen LogP contribution in [-0.4, -0.2) is 35.1 Å². The van der Waals surface area contributed by atoms with E-state index in [9.17, 15) is 13.2 Å². The molecule has 0 aliphatic heterocycles. The van der Waals surface area contributed by atoms with E-state index in [1.807, 2.05) is 27.7 Å². The van der Waals surface area contributed by atoms with Gasteiger partial charge in [-0.15, -0.1) is 0 Å². The van der Waals surface area contributed by atoms with Gasteiger partial charge in [-0.05, 0) is 86.7 Å². The summed E-state index contributed by atoms with van der Waals surface area (Å²) in [7, 11) is -1.25. The van der Waals surface area contributed by atoms with Crippen LogP contribution in [-0.2, 0) is 14.8 Å². The Morgan fingerprint density at radius 3 is 2.28 bits per heavy atom. The average Bonchev–Trinajstić information content (AvgIpc) is 2.84. The largest absolute Gasteiger partial charge is 0.497 e. The molecule has 7 nitrogen and oxygen atoms in total. The molecule has 0 aromatic heterocycles. The van der Waals surface area contributed by atoms with Crippen molar-refractivity contribution in [3.63, 3.8) is 0 Å². The third-order valence-corrected chi connectivity index (χ3v) is 8.04. The summed E-state index contributed by atoms with van der Waals surface area (Å²) < 4.78 is 39.6. The zero-order valence-electron chi connectivity index (χ0n) is 21.9. The SMILES string of the molecule is COc1cccc(N(CC(=O)N[C@@H](C)c2cc(C)c(C)cc2C)S(=O)(=O)c2cc(C)ccc2OC)c1. The van der Waals surface area contributed by atoms with Crippen LogP contribution in [0.15, 0.2) is 59.5 Å². The molecular weight excluding hydrogens is 476 g/mol. The van der Waals surface area contributed by atoms with E-state index in [1.54, 1.807) is 49.4 Å². The van der Waals surface area contributed by atoms with Gasteiger partial charge in [0.25, 0.3) is 10.0 Å². The summed E-state index contributed by atoms with van der Waals surface area (Å²) in [6.45, 7) is 9.35. The minimum Gasteiger partial charge on any atom is -0.497 e. The van der Waals surface area contributed by atoms with Crippen molar-refractivity contribution in [3.05, 3.63) is 82.4 Å². The Balaban J connectivity index is 2.00. The van der Waals surface area contributed by atoms with Crippen LogP contribution in [0.4, 0.5) is 5.69 Å². The molecule has 1 N–H and O–H groups in total. The van der Waals surface area contributed by atoms with E-state index in [-0.39, 0.29) is 16.7 Å². The number of carbonyl (C=O) groups excluding carboxylic acids is 1. The van der Waals surface area contributed by atoms with Crippen molar-refractivity contribution in [1.82, 2.24) is 5.32 Å². The van der Waals surface area contributed by atoms with E-state index in [0.717, 1.165) is 26.6 Å². The molecule has 0 heterocycles. The maximum Gasteiger partial charge on any atom is 0.268 e. The highest BCUT2D eigenvalue weighted by Crippen LogP contribution is 2.32. The van der Waals surface area contributed by atoms with E-state index in [2.05, 4.69) is 17.4 Å². The fraction of sp³-hybridized carbons (Fsp3) is 0.321. The van der Waals surface area contributed by atoms with E-state index in [1.165, 1.54) is 19.8 Å². The number of benzene rings is 3. The molecular formula is C28H34N2O5S. The Morgan fingerprint density at radius 2 is 1.61 bits per heavy atom. The molecule has 0 unspecified atom stereocenters. The number of amides is 1. The van der Waals surface area contributed by atoms with Gasteiger partial charge >= 0.3 is 0 Å². The first kappa shape index (κ1) is 27.1. The topological polar surface area (TPSA) is 84.9 Å². The normalized spacial score (nSPS) is 12.1. The predicted octanol–water partition coefficient (Wildman–Crippen LogP) is 5.01. The van der Waals surface area contributed by atoms with Gasteiger partial charge in [0.05, 0.1) is 25.9 Å². The van der Waals surface area contributed by atoms with Crippen LogP contribution >= 0.6 is 0 Å². The van der Waals surface area contributed by atoms with E-state index in [0.29, 0.717) is 11.4 Å². The van der Waals surface area contributed by atoms with Gasteiger partial charge in [-0.2, -0.15) is 0 Å². The van der Waals surface area contributed by atoms with Gasteiger partial charge in [0.2, 0.25) is 5.91 Å². The van der Waals surface area contributed by atoms with Crippen molar-refractivity contribution in [2.24, 2.45) is 0 Å². The van der Waals surface area contributed by atoms with Gasteiger partial charge in [0, 0.05) is 6.07 Å². The number of rotatable bonds is 9. The van der Waals surface area contributed by atoms with Gasteiger partial charge in [-0.1, -0.05) is 24.3 Å². The molecule has 192 valence electrons. The molecule has 0 aliphatic carbocycles. The molecule has 0 radical (unpaired) electrons. The van der Waals surface area contributed by atoms with Gasteiger partial charge in [0.1, 0.15) is 22.9 Å². The second-order valence-corrected chi connectivity index (χ2v) is 10.8. The number of nitrogens with one attached hydrogen (secondary N) is 1. The second kappa shape index (κ2) is 11.0. The van der Waals surface area contributed by atoms with Crippen LogP contribution in [0.25, 0.3) is 0 Å². The lowest BCUT2D eigenvalue weighted by Crippen LogP contribution is -2.41. The molecule has 1 amide bonds. The zero-order chi connectivity index (χ0) is 26.6. The predicted molar refractivity (Wildman–Crippen MR) is 142 cm³/mol. The minimum absolute atomic E-state index is 0.0151. The van der Waals surface area contributed by atoms with Crippen LogP contribution in [0.2, 0.25) is 0 Å². The van der Waals surface area contributed by atoms with Gasteiger partial charge in [-0.25, -0.2) is 8.42 Å². The monoisotopic (exact) mass is 510 g/mol. The van der Waals surface area contributed by atoms with Gasteiger partial charge in [0.15, 0.2) is 0 Å². The maximum absolute atomic E-state index is 13.9. The van der Waals surface area contributed by atoms with Crippen molar-refractivity contribution in [1.29, 1.82) is 0 Å². The van der Waals surface area contributed by atoms with Crippen molar-refractivity contribution in [2.75, 3.05) is 25.1 Å². The third-order valence-electron chi connectivity index (χ3n) is 6.24. The number of ether oxygens (including phenoxy) is 2. The number of sulfonamides is 1. The molecule has 0 fully saturated rings. The number of hydrogen-bond acceptors (Lipinski definition) is 5. The van der Waals surface area contributed by atoms with Crippen LogP contribution in [0, 0.1) is 27.7 Å². The average molecular weight is 511 g/mol. The van der Waals surface area contributed by atoms with Crippen molar-refractivity contribution < 1.29 is 22.7 Å². The lowest BCUT2D eigenvalue weighted by atomic mass is 9.96. The molecule has 0 aliphatic rings. The molecule has 3 aromatic carbocycles. The van der Waals surface area contributed by atoms with Crippen molar-refractivity contribution in [3.8, 4) is 11.5 Å². The highest BCUT2D eigenvalue weighted by molar-refractivity contribution is 7.93. The molecule has 0 saturated carbocycles. The summed E-state index contributed by atoms with van der Waals surface area (Å²) in [5.41, 5.74) is 5.42. The smallest absolute Gasteiger partial charge is 0.268 e. The molecule has 3 aromatic rings. The second-order valence-electron chi connectivity index (χ2n) is 8.95. The van der Waals surface area contributed by atoms with Crippen LogP contribution in [0.1, 0.15) is 40.8 Å². The van der Waals surface area contributed by atoms with Crippen LogP contribution < -0.4 is 19.1 Å². The Labute approximate surface area is 214 Å². The standard InChI is InChI=1S/C28H34N2O5S/c1-18-11-12-26(35-7)27(13-18)36(32,33)30(23-9-8-10-24(16-23)34-6)17-28(31)29-22(5)25-15-20(3)19(2)14-21(25)4/h8-16,22H,17H2,1-7H3,(H,29,31)/t22-/m0/s1. The lowest BCUT2D eigenvalue weighted by molar-refractivity contribution is -0.120. The first-order valence-corrected chi connectivity index (χ1v) is 13.1. The van der Waals surface area contributed by atoms with Crippen molar-refractivity contribution >= 4 is 21.6 Å².